The summed E-state index contributed by atoms with van der Waals surface area (Å²) >= 11 is 0. The molecule has 3 rings (SSSR count). The molecule has 5 heteroatoms. The van der Waals surface area contributed by atoms with Crippen molar-refractivity contribution < 1.29 is 9.59 Å². The molecular formula is C22H27N3O2. The molecular weight excluding hydrogens is 338 g/mol. The van der Waals surface area contributed by atoms with Gasteiger partial charge in [0.05, 0.1) is 0 Å². The molecule has 2 amide bonds. The minimum atomic E-state index is -0.671. The Morgan fingerprint density at radius 2 is 1.56 bits per heavy atom. The van der Waals surface area contributed by atoms with Crippen LogP contribution in [0, 0.1) is 19.8 Å². The molecule has 0 unspecified atom stereocenters. The number of nitrogens with zero attached hydrogens (tertiary/aromatic N) is 1. The normalized spacial score (nSPS) is 14.7. The van der Waals surface area contributed by atoms with E-state index in [2.05, 4.69) is 22.5 Å². The van der Waals surface area contributed by atoms with Gasteiger partial charge in [-0.1, -0.05) is 19.1 Å². The van der Waals surface area contributed by atoms with Crippen LogP contribution < -0.4 is 15.5 Å². The number of nitrogens with one attached hydrogen (secondary N) is 2. The lowest BCUT2D eigenvalue weighted by Gasteiger charge is -2.32. The fourth-order valence-corrected chi connectivity index (χ4v) is 3.28. The fourth-order valence-electron chi connectivity index (χ4n) is 3.28. The van der Waals surface area contributed by atoms with E-state index in [9.17, 15) is 9.59 Å². The zero-order chi connectivity index (χ0) is 19.4. The van der Waals surface area contributed by atoms with Crippen molar-refractivity contribution in [3.63, 3.8) is 0 Å². The van der Waals surface area contributed by atoms with E-state index in [1.807, 2.05) is 50.2 Å². The number of hydrogen-bond acceptors (Lipinski definition) is 3. The average Bonchev–Trinajstić information content (AvgIpc) is 2.66. The topological polar surface area (TPSA) is 61.4 Å². The van der Waals surface area contributed by atoms with Crippen LogP contribution in [-0.4, -0.2) is 24.9 Å². The molecule has 0 radical (unpaired) electrons. The Balaban J connectivity index is 1.58. The zero-order valence-electron chi connectivity index (χ0n) is 16.2. The Morgan fingerprint density at radius 1 is 0.926 bits per heavy atom. The maximum absolute atomic E-state index is 12.2. The van der Waals surface area contributed by atoms with E-state index in [1.165, 1.54) is 12.8 Å². The number of hydrogen-bond donors (Lipinski definition) is 2. The van der Waals surface area contributed by atoms with Crippen LogP contribution in [-0.2, 0) is 9.59 Å². The molecule has 5 nitrogen and oxygen atoms in total. The Bertz CT molecular complexity index is 822. The molecule has 1 fully saturated rings. The van der Waals surface area contributed by atoms with Gasteiger partial charge < -0.3 is 15.5 Å². The second kappa shape index (κ2) is 8.25. The van der Waals surface area contributed by atoms with Gasteiger partial charge in [-0.2, -0.15) is 0 Å². The van der Waals surface area contributed by atoms with Crippen molar-refractivity contribution in [2.75, 3.05) is 28.6 Å². The third-order valence-electron chi connectivity index (χ3n) is 5.33. The first-order valence-corrected chi connectivity index (χ1v) is 9.47. The third-order valence-corrected chi connectivity index (χ3v) is 5.33. The van der Waals surface area contributed by atoms with Crippen molar-refractivity contribution >= 4 is 28.9 Å². The maximum atomic E-state index is 12.2. The largest absolute Gasteiger partial charge is 0.372 e. The number of piperidine rings is 1. The van der Waals surface area contributed by atoms with Crippen LogP contribution in [0.5, 0.6) is 0 Å². The molecule has 0 bridgehead atoms. The number of amides is 2. The van der Waals surface area contributed by atoms with Gasteiger partial charge >= 0.3 is 11.8 Å². The first-order chi connectivity index (χ1) is 12.9. The number of carbonyl (C=O) groups excluding carboxylic acids is 2. The van der Waals surface area contributed by atoms with Gasteiger partial charge in [0.2, 0.25) is 0 Å². The summed E-state index contributed by atoms with van der Waals surface area (Å²) in [6.45, 7) is 8.30. The first kappa shape index (κ1) is 19.0. The van der Waals surface area contributed by atoms with E-state index in [4.69, 9.17) is 0 Å². The third kappa shape index (κ3) is 4.67. The van der Waals surface area contributed by atoms with Gasteiger partial charge in [0.15, 0.2) is 0 Å². The van der Waals surface area contributed by atoms with Crippen LogP contribution in [0.3, 0.4) is 0 Å². The number of carbonyl (C=O) groups is 2. The van der Waals surface area contributed by atoms with Gasteiger partial charge in [0, 0.05) is 30.2 Å². The van der Waals surface area contributed by atoms with E-state index in [0.29, 0.717) is 11.4 Å². The van der Waals surface area contributed by atoms with Gasteiger partial charge in [0.1, 0.15) is 0 Å². The molecule has 1 aliphatic heterocycles. The molecule has 27 heavy (non-hydrogen) atoms. The zero-order valence-corrected chi connectivity index (χ0v) is 16.2. The summed E-state index contributed by atoms with van der Waals surface area (Å²) in [4.78, 5) is 26.8. The highest BCUT2D eigenvalue weighted by Crippen LogP contribution is 2.24. The lowest BCUT2D eigenvalue weighted by molar-refractivity contribution is -0.133. The summed E-state index contributed by atoms with van der Waals surface area (Å²) < 4.78 is 0. The molecule has 1 saturated heterocycles. The van der Waals surface area contributed by atoms with Crippen LogP contribution in [0.2, 0.25) is 0 Å². The molecule has 1 aliphatic rings. The van der Waals surface area contributed by atoms with E-state index >= 15 is 0 Å². The van der Waals surface area contributed by atoms with E-state index in [1.54, 1.807) is 6.07 Å². The number of benzene rings is 2. The van der Waals surface area contributed by atoms with Crippen LogP contribution in [0.4, 0.5) is 17.1 Å². The van der Waals surface area contributed by atoms with Gasteiger partial charge in [-0.3, -0.25) is 9.59 Å². The Morgan fingerprint density at radius 3 is 2.22 bits per heavy atom. The summed E-state index contributed by atoms with van der Waals surface area (Å²) in [5.41, 5.74) is 4.45. The van der Waals surface area contributed by atoms with Crippen LogP contribution >= 0.6 is 0 Å². The average molecular weight is 365 g/mol. The summed E-state index contributed by atoms with van der Waals surface area (Å²) in [6, 6.07) is 13.3. The van der Waals surface area contributed by atoms with Crippen molar-refractivity contribution in [3.8, 4) is 0 Å². The molecule has 0 spiro atoms. The number of anilines is 3. The summed E-state index contributed by atoms with van der Waals surface area (Å²) in [5, 5.41) is 5.34. The van der Waals surface area contributed by atoms with E-state index in [-0.39, 0.29) is 0 Å². The predicted molar refractivity (Wildman–Crippen MR) is 110 cm³/mol. The van der Waals surface area contributed by atoms with E-state index in [0.717, 1.165) is 35.8 Å². The van der Waals surface area contributed by atoms with Gasteiger partial charge in [-0.25, -0.2) is 0 Å². The highest BCUT2D eigenvalue weighted by atomic mass is 16.2. The second-order valence-corrected chi connectivity index (χ2v) is 7.37. The summed E-state index contributed by atoms with van der Waals surface area (Å²) in [6.07, 6.45) is 2.41. The Hall–Kier alpha value is -2.82. The number of rotatable bonds is 3. The molecule has 0 aromatic heterocycles. The van der Waals surface area contributed by atoms with E-state index < -0.39 is 11.8 Å². The summed E-state index contributed by atoms with van der Waals surface area (Å²) in [7, 11) is 0. The molecule has 0 aliphatic carbocycles. The van der Waals surface area contributed by atoms with Crippen molar-refractivity contribution in [2.24, 2.45) is 5.92 Å². The lowest BCUT2D eigenvalue weighted by Crippen LogP contribution is -2.32. The maximum Gasteiger partial charge on any atom is 0.314 e. The predicted octanol–water partition coefficient (Wildman–Crippen LogP) is 4.12. The van der Waals surface area contributed by atoms with Crippen LogP contribution in [0.25, 0.3) is 0 Å². The van der Waals surface area contributed by atoms with Gasteiger partial charge in [0.25, 0.3) is 0 Å². The highest BCUT2D eigenvalue weighted by Gasteiger charge is 2.17. The lowest BCUT2D eigenvalue weighted by atomic mass is 9.99. The number of aryl methyl sites for hydroxylation is 1. The molecule has 0 saturated carbocycles. The fraction of sp³-hybridized carbons (Fsp3) is 0.364. The van der Waals surface area contributed by atoms with Crippen molar-refractivity contribution in [3.05, 3.63) is 53.6 Å². The standard InChI is InChI=1S/C22H27N3O2/c1-15-11-13-25(14-12-15)19-9-7-18(8-10-19)23-21(26)22(27)24-20-6-4-5-16(2)17(20)3/h4-10,15H,11-14H2,1-3H3,(H,23,26)(H,24,27). The highest BCUT2D eigenvalue weighted by molar-refractivity contribution is 6.43. The molecule has 2 aromatic carbocycles. The van der Waals surface area contributed by atoms with Gasteiger partial charge in [-0.15, -0.1) is 0 Å². The van der Waals surface area contributed by atoms with Crippen molar-refractivity contribution in [2.45, 2.75) is 33.6 Å². The Kier molecular flexibility index (Phi) is 5.79. The minimum Gasteiger partial charge on any atom is -0.372 e. The van der Waals surface area contributed by atoms with Crippen molar-refractivity contribution in [1.82, 2.24) is 0 Å². The SMILES string of the molecule is Cc1cccc(NC(=O)C(=O)Nc2ccc(N3CCC(C)CC3)cc2)c1C. The quantitative estimate of drug-likeness (QED) is 0.805. The van der Waals surface area contributed by atoms with Crippen LogP contribution in [0.1, 0.15) is 30.9 Å². The first-order valence-electron chi connectivity index (χ1n) is 9.47. The molecule has 0 atom stereocenters. The molecule has 142 valence electrons. The second-order valence-electron chi connectivity index (χ2n) is 7.37. The Labute approximate surface area is 160 Å². The van der Waals surface area contributed by atoms with Crippen LogP contribution in [0.15, 0.2) is 42.5 Å². The molecule has 1 heterocycles. The van der Waals surface area contributed by atoms with Crippen molar-refractivity contribution in [1.29, 1.82) is 0 Å². The van der Waals surface area contributed by atoms with Gasteiger partial charge in [-0.05, 0) is 74.1 Å². The molecule has 2 N–H and O–H groups in total. The minimum absolute atomic E-state index is 0.616. The molecule has 2 aromatic rings. The summed E-state index contributed by atoms with van der Waals surface area (Å²) in [5.74, 6) is -0.552. The monoisotopic (exact) mass is 365 g/mol. The smallest absolute Gasteiger partial charge is 0.314 e.